The molecule has 2 aliphatic rings. The predicted molar refractivity (Wildman–Crippen MR) is 120 cm³/mol. The minimum Gasteiger partial charge on any atom is -0.465 e. The Kier molecular flexibility index (Phi) is 9.38. The lowest BCUT2D eigenvalue weighted by Gasteiger charge is -2.28. The number of likely N-dealkylation sites (tertiary alicyclic amines) is 1. The van der Waals surface area contributed by atoms with E-state index in [2.05, 4.69) is 28.5 Å². The first-order valence-electron chi connectivity index (χ1n) is 10.2. The van der Waals surface area contributed by atoms with Gasteiger partial charge in [0, 0.05) is 12.6 Å². The fraction of sp³-hybridized carbons (Fsp3) is 0.750. The highest BCUT2D eigenvalue weighted by Crippen LogP contribution is 2.27. The van der Waals surface area contributed by atoms with Crippen molar-refractivity contribution < 1.29 is 9.52 Å². The van der Waals surface area contributed by atoms with Gasteiger partial charge >= 0.3 is 0 Å². The van der Waals surface area contributed by atoms with Gasteiger partial charge < -0.3 is 20.2 Å². The van der Waals surface area contributed by atoms with Gasteiger partial charge in [-0.2, -0.15) is 0 Å². The third-order valence-electron chi connectivity index (χ3n) is 5.48. The van der Waals surface area contributed by atoms with Gasteiger partial charge in [0.25, 0.3) is 0 Å². The second-order valence-electron chi connectivity index (χ2n) is 7.58. The van der Waals surface area contributed by atoms with Gasteiger partial charge in [-0.1, -0.05) is 0 Å². The van der Waals surface area contributed by atoms with Crippen LogP contribution in [0.2, 0.25) is 0 Å². The second-order valence-corrected chi connectivity index (χ2v) is 7.58. The predicted octanol–water partition coefficient (Wildman–Crippen LogP) is 3.20. The quantitative estimate of drug-likeness (QED) is 0.325. The average Bonchev–Trinajstić information content (AvgIpc) is 3.30. The van der Waals surface area contributed by atoms with E-state index < -0.39 is 0 Å². The van der Waals surface area contributed by atoms with Crippen molar-refractivity contribution in [1.82, 2.24) is 15.5 Å². The van der Waals surface area contributed by atoms with Crippen LogP contribution in [0, 0.1) is 6.92 Å². The van der Waals surface area contributed by atoms with Gasteiger partial charge in [-0.3, -0.25) is 9.89 Å². The molecule has 7 heteroatoms. The highest BCUT2D eigenvalue weighted by atomic mass is 127. The van der Waals surface area contributed by atoms with Crippen LogP contribution in [0.15, 0.2) is 21.5 Å². The smallest absolute Gasteiger partial charge is 0.191 e. The number of furan rings is 1. The fourth-order valence-corrected chi connectivity index (χ4v) is 3.98. The first-order valence-corrected chi connectivity index (χ1v) is 10.2. The number of halogens is 1. The zero-order chi connectivity index (χ0) is 18.4. The van der Waals surface area contributed by atoms with Crippen molar-refractivity contribution in [1.29, 1.82) is 0 Å². The number of rotatable bonds is 6. The number of aryl methyl sites for hydroxylation is 1. The van der Waals surface area contributed by atoms with Crippen LogP contribution in [0.3, 0.4) is 0 Å². The lowest BCUT2D eigenvalue weighted by molar-refractivity contribution is 0.120. The molecule has 1 aromatic heterocycles. The maximum absolute atomic E-state index is 9.70. The maximum Gasteiger partial charge on any atom is 0.191 e. The highest BCUT2D eigenvalue weighted by molar-refractivity contribution is 14.0. The normalized spacial score (nSPS) is 25.1. The van der Waals surface area contributed by atoms with E-state index in [0.29, 0.717) is 12.6 Å². The van der Waals surface area contributed by atoms with Crippen LogP contribution in [0.1, 0.15) is 63.0 Å². The van der Waals surface area contributed by atoms with Gasteiger partial charge in [-0.15, -0.1) is 24.0 Å². The van der Waals surface area contributed by atoms with E-state index in [1.54, 1.807) is 0 Å². The van der Waals surface area contributed by atoms with Crippen molar-refractivity contribution in [3.8, 4) is 0 Å². The molecule has 1 atom stereocenters. The number of hydrogen-bond acceptors (Lipinski definition) is 4. The van der Waals surface area contributed by atoms with Gasteiger partial charge in [-0.05, 0) is 77.6 Å². The molecule has 0 radical (unpaired) electrons. The van der Waals surface area contributed by atoms with E-state index >= 15 is 0 Å². The van der Waals surface area contributed by atoms with Crippen molar-refractivity contribution in [3.05, 3.63) is 23.7 Å². The number of aliphatic hydroxyl groups excluding tert-OH is 1. The molecule has 0 spiro atoms. The Labute approximate surface area is 180 Å². The summed E-state index contributed by atoms with van der Waals surface area (Å²) < 4.78 is 5.93. The van der Waals surface area contributed by atoms with Crippen molar-refractivity contribution in [2.45, 2.75) is 70.6 Å². The second kappa shape index (κ2) is 11.3. The van der Waals surface area contributed by atoms with Crippen LogP contribution in [-0.4, -0.2) is 54.3 Å². The third-order valence-corrected chi connectivity index (χ3v) is 5.48. The Morgan fingerprint density at radius 3 is 2.56 bits per heavy atom. The molecule has 1 aliphatic carbocycles. The topological polar surface area (TPSA) is 73.0 Å². The number of nitrogens with one attached hydrogen (secondary N) is 2. The van der Waals surface area contributed by atoms with Gasteiger partial charge in [-0.25, -0.2) is 0 Å². The van der Waals surface area contributed by atoms with Crippen LogP contribution in [0.4, 0.5) is 0 Å². The number of aliphatic imine (C=N–C) groups is 1. The number of guanidine groups is 1. The zero-order valence-electron chi connectivity index (χ0n) is 16.6. The Morgan fingerprint density at radius 1 is 1.26 bits per heavy atom. The van der Waals surface area contributed by atoms with E-state index in [1.807, 2.05) is 13.0 Å². The van der Waals surface area contributed by atoms with Crippen LogP contribution in [0.25, 0.3) is 0 Å². The summed E-state index contributed by atoms with van der Waals surface area (Å²) in [6.07, 6.45) is 6.12. The molecule has 0 amide bonds. The summed E-state index contributed by atoms with van der Waals surface area (Å²) in [4.78, 5) is 7.38. The molecule has 6 nitrogen and oxygen atoms in total. The van der Waals surface area contributed by atoms with Gasteiger partial charge in [0.1, 0.15) is 11.5 Å². The summed E-state index contributed by atoms with van der Waals surface area (Å²) in [6.45, 7) is 7.86. The van der Waals surface area contributed by atoms with Gasteiger partial charge in [0.2, 0.25) is 0 Å². The average molecular weight is 490 g/mol. The fourth-order valence-electron chi connectivity index (χ4n) is 3.98. The molecule has 1 saturated carbocycles. The molecule has 3 rings (SSSR count). The van der Waals surface area contributed by atoms with Crippen LogP contribution >= 0.6 is 24.0 Å². The zero-order valence-corrected chi connectivity index (χ0v) is 18.9. The van der Waals surface area contributed by atoms with Gasteiger partial charge in [0.05, 0.1) is 18.7 Å². The SMILES string of the molecule is CCNC(=NCC(c1ccc(C)o1)N1CCCC1)NC1CCC(O)CC1.I. The Bertz CT molecular complexity index is 578. The molecule has 0 bridgehead atoms. The van der Waals surface area contributed by atoms with E-state index in [1.165, 1.54) is 12.8 Å². The summed E-state index contributed by atoms with van der Waals surface area (Å²) in [5.41, 5.74) is 0. The summed E-state index contributed by atoms with van der Waals surface area (Å²) in [5, 5.41) is 16.6. The van der Waals surface area contributed by atoms with Crippen LogP contribution < -0.4 is 10.6 Å². The van der Waals surface area contributed by atoms with Gasteiger partial charge in [0.15, 0.2) is 5.96 Å². The number of nitrogens with zero attached hydrogens (tertiary/aromatic N) is 2. The number of hydrogen-bond donors (Lipinski definition) is 3. The first kappa shape index (κ1) is 22.5. The van der Waals surface area contributed by atoms with E-state index in [-0.39, 0.29) is 36.1 Å². The summed E-state index contributed by atoms with van der Waals surface area (Å²) in [7, 11) is 0. The molecule has 2 heterocycles. The molecule has 0 aromatic carbocycles. The van der Waals surface area contributed by atoms with Crippen LogP contribution in [0.5, 0.6) is 0 Å². The Balaban J connectivity index is 0.00000261. The minimum absolute atomic E-state index is 0. The Hall–Kier alpha value is -0.800. The third kappa shape index (κ3) is 6.64. The first-order chi connectivity index (χ1) is 12.7. The molecule has 3 N–H and O–H groups in total. The molecular formula is C20H35IN4O2. The minimum atomic E-state index is -0.130. The molecular weight excluding hydrogens is 455 g/mol. The van der Waals surface area contributed by atoms with Crippen molar-refractivity contribution in [2.24, 2.45) is 4.99 Å². The molecule has 154 valence electrons. The van der Waals surface area contributed by atoms with Crippen molar-refractivity contribution in [3.63, 3.8) is 0 Å². The monoisotopic (exact) mass is 490 g/mol. The molecule has 1 unspecified atom stereocenters. The lowest BCUT2D eigenvalue weighted by Crippen LogP contribution is -2.45. The summed E-state index contributed by atoms with van der Waals surface area (Å²) in [6, 6.07) is 4.73. The largest absolute Gasteiger partial charge is 0.465 e. The highest BCUT2D eigenvalue weighted by Gasteiger charge is 2.26. The summed E-state index contributed by atoms with van der Waals surface area (Å²) >= 11 is 0. The molecule has 27 heavy (non-hydrogen) atoms. The van der Waals surface area contributed by atoms with Crippen molar-refractivity contribution >= 4 is 29.9 Å². The summed E-state index contributed by atoms with van der Waals surface area (Å²) in [5.74, 6) is 2.85. The maximum atomic E-state index is 9.70. The van der Waals surface area contributed by atoms with E-state index in [9.17, 15) is 5.11 Å². The Morgan fingerprint density at radius 2 is 1.96 bits per heavy atom. The van der Waals surface area contributed by atoms with E-state index in [0.717, 1.165) is 62.8 Å². The molecule has 1 saturated heterocycles. The van der Waals surface area contributed by atoms with Crippen molar-refractivity contribution in [2.75, 3.05) is 26.2 Å². The van der Waals surface area contributed by atoms with E-state index in [4.69, 9.17) is 9.41 Å². The standard InChI is InChI=1S/C20H34N4O2.HI/c1-3-21-20(23-16-7-9-17(25)10-8-16)22-14-18(24-12-4-5-13-24)19-11-6-15(2)26-19;/h6,11,16-18,25H,3-5,7-10,12-14H2,1-2H3,(H2,21,22,23);1H. The molecule has 2 fully saturated rings. The lowest BCUT2D eigenvalue weighted by atomic mass is 9.93. The molecule has 1 aliphatic heterocycles. The number of aliphatic hydroxyl groups is 1. The van der Waals surface area contributed by atoms with Crippen LogP contribution in [-0.2, 0) is 0 Å². The molecule has 1 aromatic rings.